The molecule has 164 valence electrons. The summed E-state index contributed by atoms with van der Waals surface area (Å²) in [5, 5.41) is 5.75. The Bertz CT molecular complexity index is 1220. The number of aromatic nitrogens is 3. The van der Waals surface area contributed by atoms with Crippen molar-refractivity contribution in [2.75, 3.05) is 0 Å². The molecule has 1 amide bonds. The van der Waals surface area contributed by atoms with Crippen molar-refractivity contribution < 1.29 is 13.2 Å². The highest BCUT2D eigenvalue weighted by Crippen LogP contribution is 2.35. The molecular weight excluding hydrogens is 452 g/mol. The molecule has 2 heterocycles. The summed E-state index contributed by atoms with van der Waals surface area (Å²) >= 11 is 6.22. The van der Waals surface area contributed by atoms with Gasteiger partial charge in [0.1, 0.15) is 13.2 Å². The maximum atomic E-state index is 12.5. The van der Waals surface area contributed by atoms with E-state index in [1.54, 1.807) is 28.9 Å². The van der Waals surface area contributed by atoms with Gasteiger partial charge in [-0.05, 0) is 35.4 Å². The predicted octanol–water partition coefficient (Wildman–Crippen LogP) is 3.75. The lowest BCUT2D eigenvalue weighted by atomic mass is 10.2. The summed E-state index contributed by atoms with van der Waals surface area (Å²) in [4.78, 5) is 16.8. The summed E-state index contributed by atoms with van der Waals surface area (Å²) in [6.45, 7) is 11.2. The number of sulfonamides is 1. The van der Waals surface area contributed by atoms with E-state index >= 15 is 0 Å². The number of nitrogens with zero attached hydrogens (tertiary/aromatic N) is 3. The molecule has 1 aromatic carbocycles. The molecule has 0 fully saturated rings. The highest BCUT2D eigenvalue weighted by molar-refractivity contribution is 7.90. The smallest absolute Gasteiger partial charge is 0.268 e. The minimum absolute atomic E-state index is 0.0150. The Morgan fingerprint density at radius 1 is 1.06 bits per heavy atom. The number of hydrogen-bond acceptors (Lipinski definition) is 5. The number of pyridine rings is 1. The molecule has 0 aliphatic carbocycles. The van der Waals surface area contributed by atoms with E-state index < -0.39 is 24.0 Å². The van der Waals surface area contributed by atoms with Crippen molar-refractivity contribution in [2.45, 2.75) is 43.8 Å². The van der Waals surface area contributed by atoms with Crippen LogP contribution in [-0.4, -0.2) is 37.2 Å². The fourth-order valence-corrected chi connectivity index (χ4v) is 5.57. The normalized spacial score (nSPS) is 12.6. The minimum Gasteiger partial charge on any atom is -0.268 e. The van der Waals surface area contributed by atoms with Crippen LogP contribution in [0.3, 0.4) is 0 Å². The zero-order valence-electron chi connectivity index (χ0n) is 18.0. The van der Waals surface area contributed by atoms with Gasteiger partial charge in [-0.25, -0.2) is 22.8 Å². The summed E-state index contributed by atoms with van der Waals surface area (Å²) in [7, 11) is -5.83. The van der Waals surface area contributed by atoms with Crippen LogP contribution >= 0.6 is 11.6 Å². The Kier molecular flexibility index (Phi) is 6.14. The fourth-order valence-electron chi connectivity index (χ4n) is 2.73. The van der Waals surface area contributed by atoms with Crippen molar-refractivity contribution >= 4 is 40.9 Å². The van der Waals surface area contributed by atoms with E-state index in [1.807, 2.05) is 17.0 Å². The summed E-state index contributed by atoms with van der Waals surface area (Å²) < 4.78 is 28.4. The number of carbonyl (C=O) groups excluding carboxylic acids is 1. The molecular formula is C21H25ClN4O3SSi. The number of carbonyl (C=O) groups is 1. The monoisotopic (exact) mass is 476 g/mol. The van der Waals surface area contributed by atoms with Crippen molar-refractivity contribution in [2.24, 2.45) is 0 Å². The van der Waals surface area contributed by atoms with Crippen LogP contribution in [0.2, 0.25) is 23.3 Å². The second-order valence-corrected chi connectivity index (χ2v) is 16.1. The SMILES string of the molecule is CC(C)(C)[Si](C)(C)c1ccn(-c2ccc(C(=O)NS(=O)(=O)c3ccccc3)c(Cl)n2)n1. The number of halogens is 1. The number of benzene rings is 1. The third-order valence-corrected chi connectivity index (χ3v) is 12.6. The second-order valence-electron chi connectivity index (χ2n) is 8.78. The van der Waals surface area contributed by atoms with Gasteiger partial charge in [0.2, 0.25) is 0 Å². The molecule has 1 N–H and O–H groups in total. The molecule has 0 radical (unpaired) electrons. The molecule has 0 saturated carbocycles. The average molecular weight is 477 g/mol. The topological polar surface area (TPSA) is 94.0 Å². The molecule has 3 aromatic rings. The summed E-state index contributed by atoms with van der Waals surface area (Å²) in [6.07, 6.45) is 1.81. The third-order valence-electron chi connectivity index (χ3n) is 5.70. The van der Waals surface area contributed by atoms with Gasteiger partial charge < -0.3 is 0 Å². The lowest BCUT2D eigenvalue weighted by molar-refractivity contribution is 0.0981. The molecule has 31 heavy (non-hydrogen) atoms. The maximum Gasteiger partial charge on any atom is 0.268 e. The Balaban J connectivity index is 1.85. The van der Waals surface area contributed by atoms with Gasteiger partial charge >= 0.3 is 0 Å². The van der Waals surface area contributed by atoms with Gasteiger partial charge in [-0.1, -0.05) is 63.7 Å². The Morgan fingerprint density at radius 2 is 1.71 bits per heavy atom. The van der Waals surface area contributed by atoms with Crippen molar-refractivity contribution in [3.05, 3.63) is 65.4 Å². The van der Waals surface area contributed by atoms with Gasteiger partial charge in [0.15, 0.2) is 5.82 Å². The highest BCUT2D eigenvalue weighted by atomic mass is 35.5. The molecule has 10 heteroatoms. The zero-order chi connectivity index (χ0) is 23.0. The van der Waals surface area contributed by atoms with Crippen molar-refractivity contribution in [3.8, 4) is 5.82 Å². The average Bonchev–Trinajstić information content (AvgIpc) is 3.18. The number of nitrogens with one attached hydrogen (secondary N) is 1. The lowest BCUT2D eigenvalue weighted by Crippen LogP contribution is -2.50. The van der Waals surface area contributed by atoms with Gasteiger partial charge in [0.05, 0.1) is 10.5 Å². The molecule has 0 aliphatic heterocycles. The van der Waals surface area contributed by atoms with Gasteiger partial charge in [-0.3, -0.25) is 4.79 Å². The van der Waals surface area contributed by atoms with Crippen LogP contribution in [0, 0.1) is 0 Å². The van der Waals surface area contributed by atoms with Gasteiger partial charge in [0.25, 0.3) is 15.9 Å². The fraction of sp³-hybridized carbons (Fsp3) is 0.286. The van der Waals surface area contributed by atoms with Crippen LogP contribution in [-0.2, 0) is 10.0 Å². The number of hydrogen-bond donors (Lipinski definition) is 1. The van der Waals surface area contributed by atoms with Crippen molar-refractivity contribution in [1.82, 2.24) is 19.5 Å². The number of rotatable bonds is 5. The first-order valence-corrected chi connectivity index (χ1v) is 14.5. The first-order chi connectivity index (χ1) is 14.3. The van der Waals surface area contributed by atoms with Gasteiger partial charge in [0, 0.05) is 11.5 Å². The van der Waals surface area contributed by atoms with E-state index in [0.717, 1.165) is 5.32 Å². The van der Waals surface area contributed by atoms with E-state index in [0.29, 0.717) is 5.82 Å². The van der Waals surface area contributed by atoms with Crippen LogP contribution in [0.5, 0.6) is 0 Å². The van der Waals surface area contributed by atoms with Gasteiger partial charge in [-0.15, -0.1) is 0 Å². The maximum absolute atomic E-state index is 12.5. The largest absolute Gasteiger partial charge is 0.268 e. The van der Waals surface area contributed by atoms with Crippen molar-refractivity contribution in [1.29, 1.82) is 0 Å². The molecule has 0 unspecified atom stereocenters. The van der Waals surface area contributed by atoms with Crippen LogP contribution in [0.15, 0.2) is 59.6 Å². The minimum atomic E-state index is -4.01. The standard InChI is InChI=1S/C21H25ClN4O3SSi/c1-21(2,3)31(4,5)18-13-14-26(24-18)17-12-11-16(19(22)23-17)20(27)25-30(28,29)15-9-7-6-8-10-15/h6-14H,1-5H3,(H,25,27). The first-order valence-electron chi connectivity index (χ1n) is 9.68. The molecule has 2 aromatic heterocycles. The zero-order valence-corrected chi connectivity index (χ0v) is 20.6. The summed E-state index contributed by atoms with van der Waals surface area (Å²) in [6, 6.07) is 12.6. The summed E-state index contributed by atoms with van der Waals surface area (Å²) in [5.41, 5.74) is -0.0401. The molecule has 0 bridgehead atoms. The Labute approximate surface area is 188 Å². The molecule has 0 aliphatic rings. The second kappa shape index (κ2) is 8.21. The summed E-state index contributed by atoms with van der Waals surface area (Å²) in [5.74, 6) is -0.409. The van der Waals surface area contributed by atoms with E-state index in [4.69, 9.17) is 16.7 Å². The lowest BCUT2D eigenvalue weighted by Gasteiger charge is -2.35. The molecule has 0 atom stereocenters. The first kappa shape index (κ1) is 23.2. The van der Waals surface area contributed by atoms with Crippen molar-refractivity contribution in [3.63, 3.8) is 0 Å². The Morgan fingerprint density at radius 3 is 2.29 bits per heavy atom. The molecule has 0 saturated heterocycles. The van der Waals surface area contributed by atoms with Crippen LogP contribution < -0.4 is 10.0 Å². The Hall–Kier alpha value is -2.49. The highest BCUT2D eigenvalue weighted by Gasteiger charge is 2.39. The molecule has 0 spiro atoms. The molecule has 3 rings (SSSR count). The van der Waals surface area contributed by atoms with E-state index in [-0.39, 0.29) is 20.7 Å². The third kappa shape index (κ3) is 4.73. The number of amides is 1. The van der Waals surface area contributed by atoms with E-state index in [2.05, 4.69) is 38.8 Å². The van der Waals surface area contributed by atoms with Gasteiger partial charge in [-0.2, -0.15) is 5.10 Å². The molecule has 7 nitrogen and oxygen atoms in total. The van der Waals surface area contributed by atoms with E-state index in [1.165, 1.54) is 18.2 Å². The van der Waals surface area contributed by atoms with Crippen LogP contribution in [0.25, 0.3) is 5.82 Å². The van der Waals surface area contributed by atoms with E-state index in [9.17, 15) is 13.2 Å². The van der Waals surface area contributed by atoms with Crippen LogP contribution in [0.1, 0.15) is 31.1 Å². The predicted molar refractivity (Wildman–Crippen MR) is 124 cm³/mol. The quantitative estimate of drug-likeness (QED) is 0.447. The van der Waals surface area contributed by atoms with Crippen LogP contribution in [0.4, 0.5) is 0 Å².